The van der Waals surface area contributed by atoms with Gasteiger partial charge in [0.15, 0.2) is 0 Å². The van der Waals surface area contributed by atoms with Crippen molar-refractivity contribution in [2.45, 2.75) is 96.4 Å². The first kappa shape index (κ1) is 25.0. The lowest BCUT2D eigenvalue weighted by Crippen LogP contribution is -2.44. The van der Waals surface area contributed by atoms with Crippen LogP contribution in [0.2, 0.25) is 0 Å². The van der Waals surface area contributed by atoms with E-state index in [9.17, 15) is 5.11 Å². The number of unbranched alkanes of at least 4 members (excludes halogenated alkanes) is 5. The summed E-state index contributed by atoms with van der Waals surface area (Å²) in [6.07, 6.45) is 14.1. The van der Waals surface area contributed by atoms with Crippen LogP contribution in [0.5, 0.6) is 11.5 Å². The SMILES string of the molecule is COc1cc(OCCCCCCCCC(C)C)ccc1CC[C@@](N)(CO)CC1CC1. The lowest BCUT2D eigenvalue weighted by molar-refractivity contribution is 0.172. The van der Waals surface area contributed by atoms with Crippen molar-refractivity contribution in [1.82, 2.24) is 0 Å². The Balaban J connectivity index is 1.68. The second kappa shape index (κ2) is 13.2. The Morgan fingerprint density at radius 3 is 2.43 bits per heavy atom. The average Bonchev–Trinajstić information content (AvgIpc) is 3.54. The molecule has 0 saturated heterocycles. The molecule has 0 heterocycles. The summed E-state index contributed by atoms with van der Waals surface area (Å²) in [4.78, 5) is 0. The maximum Gasteiger partial charge on any atom is 0.125 e. The molecule has 3 N–H and O–H groups in total. The molecule has 1 aromatic carbocycles. The van der Waals surface area contributed by atoms with Crippen molar-refractivity contribution in [3.63, 3.8) is 0 Å². The largest absolute Gasteiger partial charge is 0.496 e. The second-order valence-corrected chi connectivity index (χ2v) is 9.79. The van der Waals surface area contributed by atoms with Gasteiger partial charge in [0.2, 0.25) is 0 Å². The Bertz CT molecular complexity index is 600. The maximum absolute atomic E-state index is 9.76. The number of ether oxygens (including phenoxy) is 2. The van der Waals surface area contributed by atoms with Gasteiger partial charge in [0.05, 0.1) is 20.3 Å². The smallest absolute Gasteiger partial charge is 0.125 e. The van der Waals surface area contributed by atoms with Gasteiger partial charge in [-0.05, 0) is 49.1 Å². The standard InChI is InChI=1S/C26H45NO3/c1-21(2)10-8-6-4-5-7-9-17-30-24-14-13-23(25(18-24)29-3)15-16-26(27,20-28)19-22-11-12-22/h13-14,18,21-22,28H,4-12,15-17,19-20,27H2,1-3H3/t26-/m0/s1. The molecular formula is C26H45NO3. The number of rotatable bonds is 17. The van der Waals surface area contributed by atoms with Gasteiger partial charge in [-0.1, -0.05) is 71.3 Å². The van der Waals surface area contributed by atoms with E-state index in [2.05, 4.69) is 19.9 Å². The highest BCUT2D eigenvalue weighted by molar-refractivity contribution is 5.41. The third kappa shape index (κ3) is 9.70. The number of aliphatic hydroxyl groups is 1. The van der Waals surface area contributed by atoms with Crippen molar-refractivity contribution in [2.75, 3.05) is 20.3 Å². The molecule has 0 radical (unpaired) electrons. The van der Waals surface area contributed by atoms with Crippen LogP contribution >= 0.6 is 0 Å². The summed E-state index contributed by atoms with van der Waals surface area (Å²) in [5.41, 5.74) is 7.09. The predicted molar refractivity (Wildman–Crippen MR) is 125 cm³/mol. The summed E-state index contributed by atoms with van der Waals surface area (Å²) in [5, 5.41) is 9.76. The van der Waals surface area contributed by atoms with Crippen LogP contribution < -0.4 is 15.2 Å². The summed E-state index contributed by atoms with van der Waals surface area (Å²) in [6.45, 7) is 5.40. The first-order valence-corrected chi connectivity index (χ1v) is 12.2. The predicted octanol–water partition coefficient (Wildman–Crippen LogP) is 5.88. The Morgan fingerprint density at radius 1 is 1.10 bits per heavy atom. The van der Waals surface area contributed by atoms with Crippen LogP contribution in [0, 0.1) is 11.8 Å². The van der Waals surface area contributed by atoms with E-state index in [-0.39, 0.29) is 6.61 Å². The minimum Gasteiger partial charge on any atom is -0.496 e. The molecule has 172 valence electrons. The highest BCUT2D eigenvalue weighted by atomic mass is 16.5. The Labute approximate surface area is 184 Å². The molecule has 1 atom stereocenters. The highest BCUT2D eigenvalue weighted by Gasteiger charge is 2.33. The fourth-order valence-corrected chi connectivity index (χ4v) is 4.10. The number of nitrogens with two attached hydrogens (primary N) is 1. The molecule has 1 aromatic rings. The summed E-state index contributed by atoms with van der Waals surface area (Å²) >= 11 is 0. The topological polar surface area (TPSA) is 64.7 Å². The zero-order chi connectivity index (χ0) is 21.8. The van der Waals surface area contributed by atoms with Crippen LogP contribution in [0.3, 0.4) is 0 Å². The molecule has 0 aliphatic heterocycles. The van der Waals surface area contributed by atoms with E-state index in [1.807, 2.05) is 12.1 Å². The molecule has 1 saturated carbocycles. The summed E-state index contributed by atoms with van der Waals surface area (Å²) in [6, 6.07) is 6.10. The molecule has 0 unspecified atom stereocenters. The van der Waals surface area contributed by atoms with Gasteiger partial charge in [0.1, 0.15) is 11.5 Å². The van der Waals surface area contributed by atoms with E-state index in [1.54, 1.807) is 7.11 Å². The lowest BCUT2D eigenvalue weighted by Gasteiger charge is -2.27. The number of hydrogen-bond donors (Lipinski definition) is 2. The second-order valence-electron chi connectivity index (χ2n) is 9.79. The Kier molecular flexibility index (Phi) is 11.0. The van der Waals surface area contributed by atoms with Crippen molar-refractivity contribution in [1.29, 1.82) is 0 Å². The zero-order valence-corrected chi connectivity index (χ0v) is 19.6. The molecule has 0 bridgehead atoms. The third-order valence-corrected chi connectivity index (χ3v) is 6.30. The van der Waals surface area contributed by atoms with Crippen LogP contribution in [-0.2, 0) is 6.42 Å². The molecular weight excluding hydrogens is 374 g/mol. The number of benzene rings is 1. The van der Waals surface area contributed by atoms with E-state index in [4.69, 9.17) is 15.2 Å². The van der Waals surface area contributed by atoms with Crippen LogP contribution in [-0.4, -0.2) is 31.0 Å². The van der Waals surface area contributed by atoms with E-state index in [1.165, 1.54) is 51.4 Å². The minimum atomic E-state index is -0.476. The average molecular weight is 420 g/mol. The Morgan fingerprint density at radius 2 is 1.80 bits per heavy atom. The van der Waals surface area contributed by atoms with E-state index >= 15 is 0 Å². The molecule has 4 heteroatoms. The van der Waals surface area contributed by atoms with Gasteiger partial charge in [0.25, 0.3) is 0 Å². The number of methoxy groups -OCH3 is 1. The normalized spacial score (nSPS) is 15.9. The summed E-state index contributed by atoms with van der Waals surface area (Å²) in [7, 11) is 1.70. The fraction of sp³-hybridized carbons (Fsp3) is 0.769. The van der Waals surface area contributed by atoms with E-state index in [0.29, 0.717) is 5.92 Å². The van der Waals surface area contributed by atoms with Crippen molar-refractivity contribution < 1.29 is 14.6 Å². The molecule has 0 aromatic heterocycles. The first-order valence-electron chi connectivity index (χ1n) is 12.2. The maximum atomic E-state index is 9.76. The van der Waals surface area contributed by atoms with Crippen LogP contribution in [0.25, 0.3) is 0 Å². The first-order chi connectivity index (χ1) is 14.5. The monoisotopic (exact) mass is 419 g/mol. The molecule has 0 amide bonds. The number of aryl methyl sites for hydroxylation is 1. The molecule has 2 rings (SSSR count). The Hall–Kier alpha value is -1.26. The van der Waals surface area contributed by atoms with Crippen molar-refractivity contribution in [3.8, 4) is 11.5 Å². The summed E-state index contributed by atoms with van der Waals surface area (Å²) in [5.74, 6) is 3.26. The quantitative estimate of drug-likeness (QED) is 0.309. The van der Waals surface area contributed by atoms with Crippen molar-refractivity contribution in [2.24, 2.45) is 17.6 Å². The van der Waals surface area contributed by atoms with E-state index in [0.717, 1.165) is 55.3 Å². The van der Waals surface area contributed by atoms with Gasteiger partial charge >= 0.3 is 0 Å². The van der Waals surface area contributed by atoms with Gasteiger partial charge in [0, 0.05) is 11.6 Å². The lowest BCUT2D eigenvalue weighted by atomic mass is 9.87. The van der Waals surface area contributed by atoms with Crippen molar-refractivity contribution >= 4 is 0 Å². The van der Waals surface area contributed by atoms with Crippen LogP contribution in [0.15, 0.2) is 18.2 Å². The molecule has 30 heavy (non-hydrogen) atoms. The van der Waals surface area contributed by atoms with Crippen molar-refractivity contribution in [3.05, 3.63) is 23.8 Å². The molecule has 1 aliphatic carbocycles. The number of aliphatic hydroxyl groups excluding tert-OH is 1. The molecule has 1 aliphatic rings. The molecule has 0 spiro atoms. The van der Waals surface area contributed by atoms with Gasteiger partial charge in [-0.3, -0.25) is 0 Å². The van der Waals surface area contributed by atoms with Gasteiger partial charge in [-0.25, -0.2) is 0 Å². The fourth-order valence-electron chi connectivity index (χ4n) is 4.10. The summed E-state index contributed by atoms with van der Waals surface area (Å²) < 4.78 is 11.5. The number of hydrogen-bond acceptors (Lipinski definition) is 4. The van der Waals surface area contributed by atoms with Crippen LogP contribution in [0.4, 0.5) is 0 Å². The molecule has 1 fully saturated rings. The third-order valence-electron chi connectivity index (χ3n) is 6.30. The minimum absolute atomic E-state index is 0.0464. The van der Waals surface area contributed by atoms with Gasteiger partial charge in [-0.15, -0.1) is 0 Å². The zero-order valence-electron chi connectivity index (χ0n) is 19.6. The molecule has 4 nitrogen and oxygen atoms in total. The van der Waals surface area contributed by atoms with Gasteiger partial charge < -0.3 is 20.3 Å². The van der Waals surface area contributed by atoms with Crippen LogP contribution in [0.1, 0.15) is 90.0 Å². The van der Waals surface area contributed by atoms with E-state index < -0.39 is 5.54 Å². The van der Waals surface area contributed by atoms with Gasteiger partial charge in [-0.2, -0.15) is 0 Å². The highest BCUT2D eigenvalue weighted by Crippen LogP contribution is 2.37.